The second-order valence-electron chi connectivity index (χ2n) is 9.93. The monoisotopic (exact) mass is 475 g/mol. The van der Waals surface area contributed by atoms with Gasteiger partial charge in [0.1, 0.15) is 5.82 Å². The predicted octanol–water partition coefficient (Wildman–Crippen LogP) is 6.14. The number of anilines is 2. The smallest absolute Gasteiger partial charge is 0.337 e. The highest BCUT2D eigenvalue weighted by Crippen LogP contribution is 2.38. The van der Waals surface area contributed by atoms with E-state index in [0.29, 0.717) is 29.6 Å². The topological polar surface area (TPSA) is 84.8 Å². The van der Waals surface area contributed by atoms with Gasteiger partial charge in [0, 0.05) is 29.6 Å². The lowest BCUT2D eigenvalue weighted by molar-refractivity contribution is 0.0693. The van der Waals surface area contributed by atoms with Crippen molar-refractivity contribution in [1.82, 2.24) is 9.97 Å². The Bertz CT molecular complexity index is 1170. The number of aromatic carboxylic acids is 1. The quantitative estimate of drug-likeness (QED) is 0.419. The summed E-state index contributed by atoms with van der Waals surface area (Å²) < 4.78 is 11.9. The number of ether oxygens (including phenoxy) is 2. The van der Waals surface area contributed by atoms with Crippen LogP contribution in [0.5, 0.6) is 11.5 Å². The summed E-state index contributed by atoms with van der Waals surface area (Å²) in [4.78, 5) is 23.1. The number of carboxylic acids is 1. The molecule has 1 aliphatic carbocycles. The molecule has 7 heteroatoms. The maximum absolute atomic E-state index is 11.9. The largest absolute Gasteiger partial charge is 0.493 e. The van der Waals surface area contributed by atoms with Crippen molar-refractivity contribution >= 4 is 17.5 Å². The molecule has 0 bridgehead atoms. The van der Waals surface area contributed by atoms with Crippen LogP contribution in [0, 0.1) is 0 Å². The molecule has 0 radical (unpaired) electrons. The van der Waals surface area contributed by atoms with E-state index in [4.69, 9.17) is 14.5 Å². The highest BCUT2D eigenvalue weighted by molar-refractivity contribution is 5.89. The summed E-state index contributed by atoms with van der Waals surface area (Å²) in [5.74, 6) is 1.06. The van der Waals surface area contributed by atoms with E-state index < -0.39 is 11.4 Å². The highest BCUT2D eigenvalue weighted by Gasteiger charge is 2.26. The molecule has 4 rings (SSSR count). The average molecular weight is 476 g/mol. The molecule has 3 aromatic rings. The van der Waals surface area contributed by atoms with E-state index in [-0.39, 0.29) is 11.7 Å². The molecule has 1 fully saturated rings. The fourth-order valence-electron chi connectivity index (χ4n) is 4.43. The first-order valence-electron chi connectivity index (χ1n) is 12.0. The van der Waals surface area contributed by atoms with Crippen LogP contribution in [0.25, 0.3) is 0 Å². The maximum Gasteiger partial charge on any atom is 0.337 e. The molecule has 1 saturated carbocycles. The number of carboxylic acid groups (broad SMARTS) is 1. The lowest BCUT2D eigenvalue weighted by Gasteiger charge is -2.28. The van der Waals surface area contributed by atoms with Gasteiger partial charge in [-0.05, 0) is 61.6 Å². The molecular weight excluding hydrogens is 442 g/mol. The van der Waals surface area contributed by atoms with E-state index in [2.05, 4.69) is 9.88 Å². The number of rotatable bonds is 8. The van der Waals surface area contributed by atoms with Crippen LogP contribution >= 0.6 is 0 Å². The van der Waals surface area contributed by atoms with Gasteiger partial charge in [-0.15, -0.1) is 0 Å². The molecular formula is C28H33N3O4. The molecule has 1 N–H and O–H groups in total. The minimum atomic E-state index is -0.982. The first kappa shape index (κ1) is 24.5. The lowest BCUT2D eigenvalue weighted by atomic mass is 9.88. The van der Waals surface area contributed by atoms with Gasteiger partial charge < -0.3 is 19.5 Å². The van der Waals surface area contributed by atoms with Crippen molar-refractivity contribution in [2.45, 2.75) is 64.5 Å². The van der Waals surface area contributed by atoms with Gasteiger partial charge in [0.05, 0.1) is 31.0 Å². The Morgan fingerprint density at radius 1 is 1.11 bits per heavy atom. The normalized spacial score (nSPS) is 14.1. The van der Waals surface area contributed by atoms with Crippen molar-refractivity contribution in [2.24, 2.45) is 0 Å². The van der Waals surface area contributed by atoms with Crippen LogP contribution in [0.2, 0.25) is 0 Å². The van der Waals surface area contributed by atoms with Crippen molar-refractivity contribution in [3.05, 3.63) is 71.7 Å². The van der Waals surface area contributed by atoms with Gasteiger partial charge in [-0.3, -0.25) is 4.98 Å². The molecule has 0 atom stereocenters. The van der Waals surface area contributed by atoms with Gasteiger partial charge in [-0.2, -0.15) is 0 Å². The van der Waals surface area contributed by atoms with Gasteiger partial charge in [-0.1, -0.05) is 26.8 Å². The highest BCUT2D eigenvalue weighted by atomic mass is 16.5. The molecule has 0 saturated heterocycles. The first-order valence-corrected chi connectivity index (χ1v) is 12.0. The number of carbonyl (C=O) groups is 1. The van der Waals surface area contributed by atoms with Crippen molar-refractivity contribution in [2.75, 3.05) is 12.0 Å². The number of methoxy groups -OCH3 is 1. The Morgan fingerprint density at radius 3 is 2.51 bits per heavy atom. The van der Waals surface area contributed by atoms with Crippen molar-refractivity contribution < 1.29 is 19.4 Å². The fraction of sp³-hybridized carbons (Fsp3) is 0.393. The second kappa shape index (κ2) is 10.3. The Kier molecular flexibility index (Phi) is 7.24. The molecule has 0 aliphatic heterocycles. The number of hydrogen-bond donors (Lipinski definition) is 1. The van der Waals surface area contributed by atoms with Crippen LogP contribution < -0.4 is 14.4 Å². The van der Waals surface area contributed by atoms with Gasteiger partial charge >= 0.3 is 5.97 Å². The molecule has 0 spiro atoms. The van der Waals surface area contributed by atoms with Crippen molar-refractivity contribution in [3.8, 4) is 11.5 Å². The summed E-state index contributed by atoms with van der Waals surface area (Å²) in [5, 5.41) is 9.75. The number of pyridine rings is 2. The molecule has 1 aromatic carbocycles. The fourth-order valence-corrected chi connectivity index (χ4v) is 4.43. The predicted molar refractivity (Wildman–Crippen MR) is 136 cm³/mol. The van der Waals surface area contributed by atoms with Crippen molar-refractivity contribution in [3.63, 3.8) is 0 Å². The SMILES string of the molecule is COc1ccc(N(Cc2cccnc2)c2ccc(C(=O)O)c(C(C)(C)C)n2)cc1OC1CCCC1. The molecule has 0 amide bonds. The molecule has 184 valence electrons. The first-order chi connectivity index (χ1) is 16.8. The minimum Gasteiger partial charge on any atom is -0.493 e. The van der Waals surface area contributed by atoms with Gasteiger partial charge in [0.2, 0.25) is 0 Å². The van der Waals surface area contributed by atoms with Crippen LogP contribution in [0.3, 0.4) is 0 Å². The zero-order valence-electron chi connectivity index (χ0n) is 20.8. The van der Waals surface area contributed by atoms with Gasteiger partial charge in [0.25, 0.3) is 0 Å². The number of nitrogens with zero attached hydrogens (tertiary/aromatic N) is 3. The van der Waals surface area contributed by atoms with E-state index in [0.717, 1.165) is 24.1 Å². The Balaban J connectivity index is 1.80. The summed E-state index contributed by atoms with van der Waals surface area (Å²) in [6.07, 6.45) is 8.19. The van der Waals surface area contributed by atoms with E-state index in [1.54, 1.807) is 25.4 Å². The molecule has 2 aromatic heterocycles. The molecule has 7 nitrogen and oxygen atoms in total. The van der Waals surface area contributed by atoms with Crippen LogP contribution in [-0.4, -0.2) is 34.3 Å². The number of benzene rings is 1. The zero-order valence-corrected chi connectivity index (χ0v) is 20.8. The molecule has 0 unspecified atom stereocenters. The Labute approximate surface area is 206 Å². The molecule has 35 heavy (non-hydrogen) atoms. The summed E-state index contributed by atoms with van der Waals surface area (Å²) >= 11 is 0. The third-order valence-electron chi connectivity index (χ3n) is 6.22. The van der Waals surface area contributed by atoms with Crippen LogP contribution in [0.4, 0.5) is 11.5 Å². The summed E-state index contributed by atoms with van der Waals surface area (Å²) in [5.41, 5.74) is 2.18. The number of aromatic nitrogens is 2. The Hall–Kier alpha value is -3.61. The zero-order chi connectivity index (χ0) is 25.0. The van der Waals surface area contributed by atoms with E-state index in [9.17, 15) is 9.90 Å². The summed E-state index contributed by atoms with van der Waals surface area (Å²) in [6.45, 7) is 6.42. The van der Waals surface area contributed by atoms with Crippen LogP contribution in [0.1, 0.15) is 68.1 Å². The average Bonchev–Trinajstić information content (AvgIpc) is 3.35. The molecule has 1 aliphatic rings. The number of hydrogen-bond acceptors (Lipinski definition) is 6. The molecule has 2 heterocycles. The van der Waals surface area contributed by atoms with Gasteiger partial charge in [0.15, 0.2) is 11.5 Å². The lowest BCUT2D eigenvalue weighted by Crippen LogP contribution is -2.23. The Morgan fingerprint density at radius 2 is 1.89 bits per heavy atom. The standard InChI is InChI=1S/C28H33N3O4/c1-28(2,3)26-22(27(32)33)12-14-25(30-26)31(18-19-8-7-15-29-17-19)20-11-13-23(34-4)24(16-20)35-21-9-5-6-10-21/h7-8,11-17,21H,5-6,9-10,18H2,1-4H3,(H,32,33). The van der Waals surface area contributed by atoms with E-state index >= 15 is 0 Å². The summed E-state index contributed by atoms with van der Waals surface area (Å²) in [6, 6.07) is 13.2. The second-order valence-corrected chi connectivity index (χ2v) is 9.93. The third-order valence-corrected chi connectivity index (χ3v) is 6.22. The summed E-state index contributed by atoms with van der Waals surface area (Å²) in [7, 11) is 1.64. The minimum absolute atomic E-state index is 0.186. The maximum atomic E-state index is 11.9. The third kappa shape index (κ3) is 5.73. The van der Waals surface area contributed by atoms with Crippen molar-refractivity contribution in [1.29, 1.82) is 0 Å². The van der Waals surface area contributed by atoms with E-state index in [1.807, 2.05) is 57.3 Å². The van der Waals surface area contributed by atoms with Crippen LogP contribution in [-0.2, 0) is 12.0 Å². The van der Waals surface area contributed by atoms with Crippen LogP contribution in [0.15, 0.2) is 54.9 Å². The van der Waals surface area contributed by atoms with Gasteiger partial charge in [-0.25, -0.2) is 9.78 Å². The van der Waals surface area contributed by atoms with E-state index in [1.165, 1.54) is 12.8 Å².